The van der Waals surface area contributed by atoms with Gasteiger partial charge in [-0.1, -0.05) is 31.2 Å². The molecule has 4 nitrogen and oxygen atoms in total. The number of aliphatic carboxylic acids is 1. The van der Waals surface area contributed by atoms with Crippen LogP contribution in [0.1, 0.15) is 28.8 Å². The topological polar surface area (TPSA) is 54.6 Å². The molecule has 22 heavy (non-hydrogen) atoms. The van der Waals surface area contributed by atoms with Gasteiger partial charge in [-0.25, -0.2) is 4.98 Å². The van der Waals surface area contributed by atoms with Crippen LogP contribution >= 0.6 is 11.3 Å². The highest BCUT2D eigenvalue weighted by molar-refractivity contribution is 7.17. The van der Waals surface area contributed by atoms with E-state index >= 15 is 0 Å². The lowest BCUT2D eigenvalue weighted by Crippen LogP contribution is -2.05. The number of carboxylic acids is 1. The summed E-state index contributed by atoms with van der Waals surface area (Å²) in [5, 5.41) is 9.26. The smallest absolute Gasteiger partial charge is 0.309 e. The van der Waals surface area contributed by atoms with Crippen LogP contribution in [0.2, 0.25) is 0 Å². The number of aromatic nitrogens is 2. The van der Waals surface area contributed by atoms with E-state index in [1.165, 1.54) is 10.4 Å². The first-order valence-corrected chi connectivity index (χ1v) is 8.11. The molecule has 1 aromatic carbocycles. The number of benzene rings is 1. The summed E-state index contributed by atoms with van der Waals surface area (Å²) in [7, 11) is 0. The van der Waals surface area contributed by atoms with Crippen molar-refractivity contribution in [2.75, 3.05) is 0 Å². The molecule has 3 aromatic rings. The van der Waals surface area contributed by atoms with Crippen LogP contribution in [0.15, 0.2) is 24.3 Å². The van der Waals surface area contributed by atoms with Crippen molar-refractivity contribution in [2.24, 2.45) is 0 Å². The fourth-order valence-electron chi connectivity index (χ4n) is 2.65. The molecule has 1 N–H and O–H groups in total. The van der Waals surface area contributed by atoms with E-state index < -0.39 is 5.97 Å². The number of imidazole rings is 1. The molecular formula is C17H18N2O2S. The standard InChI is InChI=1S/C17H18N2O2S/c1-4-12-5-7-13(8-6-12)16-14(9-15(20)21)19-10(2)11(3)22-17(19)18-16/h5-8H,4,9H2,1-3H3,(H,20,21). The van der Waals surface area contributed by atoms with Crippen LogP contribution < -0.4 is 0 Å². The van der Waals surface area contributed by atoms with Crippen molar-refractivity contribution in [2.45, 2.75) is 33.6 Å². The molecule has 0 amide bonds. The first-order chi connectivity index (χ1) is 10.5. The minimum Gasteiger partial charge on any atom is -0.481 e. The van der Waals surface area contributed by atoms with E-state index in [1.54, 1.807) is 11.3 Å². The van der Waals surface area contributed by atoms with Gasteiger partial charge in [-0.2, -0.15) is 0 Å². The average molecular weight is 314 g/mol. The molecule has 5 heteroatoms. The zero-order chi connectivity index (χ0) is 15.9. The molecule has 2 aromatic heterocycles. The maximum Gasteiger partial charge on any atom is 0.309 e. The van der Waals surface area contributed by atoms with Crippen LogP contribution in [-0.4, -0.2) is 20.5 Å². The normalized spacial score (nSPS) is 11.2. The molecular weight excluding hydrogens is 296 g/mol. The van der Waals surface area contributed by atoms with Crippen LogP contribution in [0.4, 0.5) is 0 Å². The van der Waals surface area contributed by atoms with Crippen LogP contribution in [0.25, 0.3) is 16.2 Å². The fourth-order valence-corrected chi connectivity index (χ4v) is 3.64. The largest absolute Gasteiger partial charge is 0.481 e. The third kappa shape index (κ3) is 2.41. The van der Waals surface area contributed by atoms with E-state index in [2.05, 4.69) is 19.1 Å². The summed E-state index contributed by atoms with van der Waals surface area (Å²) in [6.45, 7) is 6.16. The molecule has 0 fully saturated rings. The Kier molecular flexibility index (Phi) is 3.74. The van der Waals surface area contributed by atoms with Gasteiger partial charge in [0.15, 0.2) is 4.96 Å². The van der Waals surface area contributed by atoms with Crippen molar-refractivity contribution in [1.82, 2.24) is 9.38 Å². The second-order valence-corrected chi connectivity index (χ2v) is 6.57. The SMILES string of the molecule is CCc1ccc(-c2nc3sc(C)c(C)n3c2CC(=O)O)cc1. The van der Waals surface area contributed by atoms with E-state index in [-0.39, 0.29) is 6.42 Å². The number of thiazole rings is 1. The molecule has 0 aliphatic rings. The van der Waals surface area contributed by atoms with Gasteiger partial charge in [0.1, 0.15) is 0 Å². The lowest BCUT2D eigenvalue weighted by molar-refractivity contribution is -0.136. The fraction of sp³-hybridized carbons (Fsp3) is 0.294. The maximum absolute atomic E-state index is 11.3. The first-order valence-electron chi connectivity index (χ1n) is 7.29. The molecule has 0 unspecified atom stereocenters. The van der Waals surface area contributed by atoms with Gasteiger partial charge in [0, 0.05) is 16.1 Å². The van der Waals surface area contributed by atoms with Gasteiger partial charge in [-0.3, -0.25) is 9.20 Å². The zero-order valence-electron chi connectivity index (χ0n) is 12.9. The lowest BCUT2D eigenvalue weighted by atomic mass is 10.1. The quantitative estimate of drug-likeness (QED) is 0.795. The first kappa shape index (κ1) is 14.8. The number of carboxylic acid groups (broad SMARTS) is 1. The van der Waals surface area contributed by atoms with Crippen LogP contribution in [0, 0.1) is 13.8 Å². The Balaban J connectivity index is 2.21. The monoisotopic (exact) mass is 314 g/mol. The average Bonchev–Trinajstić information content (AvgIpc) is 2.97. The molecule has 3 rings (SSSR count). The summed E-state index contributed by atoms with van der Waals surface area (Å²) >= 11 is 1.60. The number of carbonyl (C=O) groups is 1. The van der Waals surface area contributed by atoms with Crippen molar-refractivity contribution < 1.29 is 9.90 Å². The Morgan fingerprint density at radius 1 is 1.27 bits per heavy atom. The molecule has 0 bridgehead atoms. The third-order valence-electron chi connectivity index (χ3n) is 3.99. The van der Waals surface area contributed by atoms with Gasteiger partial charge in [-0.05, 0) is 25.8 Å². The van der Waals surface area contributed by atoms with Crippen molar-refractivity contribution in [3.63, 3.8) is 0 Å². The Morgan fingerprint density at radius 2 is 1.95 bits per heavy atom. The van der Waals surface area contributed by atoms with Crippen LogP contribution in [0.5, 0.6) is 0 Å². The number of nitrogens with zero attached hydrogens (tertiary/aromatic N) is 2. The Labute approximate surface area is 133 Å². The number of aryl methyl sites for hydroxylation is 3. The van der Waals surface area contributed by atoms with Crippen molar-refractivity contribution in [3.05, 3.63) is 46.1 Å². The predicted octanol–water partition coefficient (Wildman–Crippen LogP) is 3.87. The molecule has 114 valence electrons. The summed E-state index contributed by atoms with van der Waals surface area (Å²) in [6, 6.07) is 8.20. The van der Waals surface area contributed by atoms with Crippen molar-refractivity contribution in [1.29, 1.82) is 0 Å². The van der Waals surface area contributed by atoms with E-state index in [0.29, 0.717) is 0 Å². The van der Waals surface area contributed by atoms with Gasteiger partial charge in [0.05, 0.1) is 17.8 Å². The van der Waals surface area contributed by atoms with Gasteiger partial charge < -0.3 is 5.11 Å². The number of fused-ring (bicyclic) bond motifs is 1. The lowest BCUT2D eigenvalue weighted by Gasteiger charge is -2.05. The van der Waals surface area contributed by atoms with Crippen molar-refractivity contribution >= 4 is 22.3 Å². The molecule has 0 saturated carbocycles. The predicted molar refractivity (Wildman–Crippen MR) is 88.7 cm³/mol. The maximum atomic E-state index is 11.3. The molecule has 0 saturated heterocycles. The molecule has 0 spiro atoms. The third-order valence-corrected chi connectivity index (χ3v) is 5.04. The Morgan fingerprint density at radius 3 is 2.55 bits per heavy atom. The molecule has 0 aliphatic heterocycles. The second kappa shape index (κ2) is 5.57. The van der Waals surface area contributed by atoms with Gasteiger partial charge in [-0.15, -0.1) is 11.3 Å². The summed E-state index contributed by atoms with van der Waals surface area (Å²) in [6.07, 6.45) is 0.960. The highest BCUT2D eigenvalue weighted by atomic mass is 32.1. The summed E-state index contributed by atoms with van der Waals surface area (Å²) in [4.78, 5) is 18.0. The highest BCUT2D eigenvalue weighted by Gasteiger charge is 2.20. The summed E-state index contributed by atoms with van der Waals surface area (Å²) in [5.41, 5.74) is 4.84. The van der Waals surface area contributed by atoms with E-state index in [1.807, 2.05) is 30.4 Å². The number of rotatable bonds is 4. The van der Waals surface area contributed by atoms with E-state index in [4.69, 9.17) is 4.98 Å². The Hall–Kier alpha value is -2.14. The molecule has 0 atom stereocenters. The Bertz CT molecular complexity index is 844. The molecule has 0 aliphatic carbocycles. The van der Waals surface area contributed by atoms with Gasteiger partial charge >= 0.3 is 5.97 Å². The minimum atomic E-state index is -0.837. The van der Waals surface area contributed by atoms with E-state index in [0.717, 1.165) is 34.0 Å². The van der Waals surface area contributed by atoms with Gasteiger partial charge in [0.25, 0.3) is 0 Å². The number of hydrogen-bond donors (Lipinski definition) is 1. The number of hydrogen-bond acceptors (Lipinski definition) is 3. The van der Waals surface area contributed by atoms with Crippen LogP contribution in [0.3, 0.4) is 0 Å². The minimum absolute atomic E-state index is 0.0248. The van der Waals surface area contributed by atoms with E-state index in [9.17, 15) is 9.90 Å². The van der Waals surface area contributed by atoms with Gasteiger partial charge in [0.2, 0.25) is 0 Å². The zero-order valence-corrected chi connectivity index (χ0v) is 13.7. The van der Waals surface area contributed by atoms with Crippen molar-refractivity contribution in [3.8, 4) is 11.3 Å². The second-order valence-electron chi connectivity index (χ2n) is 5.39. The van der Waals surface area contributed by atoms with Crippen LogP contribution in [-0.2, 0) is 17.6 Å². The molecule has 0 radical (unpaired) electrons. The molecule has 2 heterocycles. The summed E-state index contributed by atoms with van der Waals surface area (Å²) < 4.78 is 1.98. The summed E-state index contributed by atoms with van der Waals surface area (Å²) in [5.74, 6) is -0.837. The highest BCUT2D eigenvalue weighted by Crippen LogP contribution is 2.31.